The van der Waals surface area contributed by atoms with E-state index in [-0.39, 0.29) is 5.91 Å². The van der Waals surface area contributed by atoms with E-state index in [1.165, 1.54) is 6.07 Å². The van der Waals surface area contributed by atoms with Crippen LogP contribution in [-0.2, 0) is 16.6 Å². The summed E-state index contributed by atoms with van der Waals surface area (Å²) in [5, 5.41) is 2.88. The first-order chi connectivity index (χ1) is 14.1. The van der Waals surface area contributed by atoms with Crippen LogP contribution in [0.2, 0.25) is 0 Å². The van der Waals surface area contributed by atoms with E-state index in [2.05, 4.69) is 33.4 Å². The van der Waals surface area contributed by atoms with E-state index < -0.39 is 10.0 Å². The molecule has 0 aliphatic carbocycles. The van der Waals surface area contributed by atoms with Crippen molar-refractivity contribution in [1.29, 1.82) is 0 Å². The minimum Gasteiger partial charge on any atom is -0.330 e. The molecule has 1 heterocycles. The molecule has 0 atom stereocenters. The van der Waals surface area contributed by atoms with E-state index in [9.17, 15) is 13.2 Å². The number of hydrogen-bond acceptors (Lipinski definition) is 4. The van der Waals surface area contributed by atoms with Crippen molar-refractivity contribution < 1.29 is 13.2 Å². The number of anilines is 2. The quantitative estimate of drug-likeness (QED) is 0.597. The van der Waals surface area contributed by atoms with Gasteiger partial charge in [-0.2, -0.15) is 0 Å². The van der Waals surface area contributed by atoms with E-state index in [1.54, 1.807) is 25.3 Å². The van der Waals surface area contributed by atoms with Crippen LogP contribution < -0.4 is 10.0 Å². The van der Waals surface area contributed by atoms with Gasteiger partial charge in [0.05, 0.1) is 11.9 Å². The van der Waals surface area contributed by atoms with Gasteiger partial charge in [-0.3, -0.25) is 9.52 Å². The highest BCUT2D eigenvalue weighted by Crippen LogP contribution is 2.20. The summed E-state index contributed by atoms with van der Waals surface area (Å²) < 4.78 is 27.6. The molecule has 0 unspecified atom stereocenters. The van der Waals surface area contributed by atoms with E-state index in [0.29, 0.717) is 29.4 Å². The lowest BCUT2D eigenvalue weighted by Crippen LogP contribution is -2.15. The smallest absolute Gasteiger partial charge is 0.255 e. The van der Waals surface area contributed by atoms with Gasteiger partial charge in [0, 0.05) is 36.1 Å². The second-order valence-corrected chi connectivity index (χ2v) is 9.37. The molecule has 0 spiro atoms. The Bertz CT molecular complexity index is 1170. The Kier molecular flexibility index (Phi) is 6.26. The van der Waals surface area contributed by atoms with Crippen LogP contribution in [0.5, 0.6) is 0 Å². The molecule has 0 aliphatic heterocycles. The number of sulfonamides is 1. The zero-order valence-corrected chi connectivity index (χ0v) is 18.3. The first-order valence-corrected chi connectivity index (χ1v) is 11.5. The maximum atomic E-state index is 12.7. The Labute approximate surface area is 177 Å². The molecule has 0 radical (unpaired) electrons. The van der Waals surface area contributed by atoms with Gasteiger partial charge in [-0.05, 0) is 42.3 Å². The summed E-state index contributed by atoms with van der Waals surface area (Å²) in [7, 11) is -3.43. The second kappa shape index (κ2) is 8.71. The third-order valence-corrected chi connectivity index (χ3v) is 5.19. The second-order valence-electron chi connectivity index (χ2n) is 7.63. The number of carbonyl (C=O) groups excluding carboxylic acids is 1. The van der Waals surface area contributed by atoms with Gasteiger partial charge in [0.15, 0.2) is 0 Å². The predicted octanol–water partition coefficient (Wildman–Crippen LogP) is 3.99. The average molecular weight is 427 g/mol. The fraction of sp³-hybridized carbons (Fsp3) is 0.273. The standard InChI is InChI=1S/C22H26N4O3S/c1-15(2)21-23-10-11-26(21)14-17-6-5-7-19(12-17)24-22(27)18-9-8-16(3)20(13-18)25-30(4,28)29/h5-13,15,25H,14H2,1-4H3,(H,24,27). The number of nitrogens with zero attached hydrogens (tertiary/aromatic N) is 2. The zero-order chi connectivity index (χ0) is 21.9. The minimum atomic E-state index is -3.43. The number of carbonyl (C=O) groups is 1. The number of nitrogens with one attached hydrogen (secondary N) is 2. The van der Waals surface area contributed by atoms with Crippen LogP contribution in [0.1, 0.15) is 47.1 Å². The molecule has 0 aliphatic rings. The summed E-state index contributed by atoms with van der Waals surface area (Å²) in [5.41, 5.74) is 3.20. The number of rotatable bonds is 7. The molecule has 8 heteroatoms. The van der Waals surface area contributed by atoms with Gasteiger partial charge < -0.3 is 9.88 Å². The van der Waals surface area contributed by atoms with Crippen LogP contribution in [0, 0.1) is 6.92 Å². The third-order valence-electron chi connectivity index (χ3n) is 4.60. The molecular formula is C22H26N4O3S. The van der Waals surface area contributed by atoms with Gasteiger partial charge in [0.25, 0.3) is 5.91 Å². The van der Waals surface area contributed by atoms with Crippen LogP contribution >= 0.6 is 0 Å². The molecule has 2 N–H and O–H groups in total. The molecule has 7 nitrogen and oxygen atoms in total. The normalized spacial score (nSPS) is 11.5. The first-order valence-electron chi connectivity index (χ1n) is 9.62. The Balaban J connectivity index is 1.77. The van der Waals surface area contributed by atoms with Gasteiger partial charge >= 0.3 is 0 Å². The molecule has 0 saturated heterocycles. The molecule has 0 saturated carbocycles. The molecule has 3 rings (SSSR count). The van der Waals surface area contributed by atoms with Crippen molar-refractivity contribution in [2.75, 3.05) is 16.3 Å². The fourth-order valence-electron chi connectivity index (χ4n) is 3.18. The summed E-state index contributed by atoms with van der Waals surface area (Å²) in [5.74, 6) is 1.02. The van der Waals surface area contributed by atoms with Crippen molar-refractivity contribution in [3.8, 4) is 0 Å². The van der Waals surface area contributed by atoms with Crippen LogP contribution in [0.3, 0.4) is 0 Å². The van der Waals surface area contributed by atoms with Crippen LogP contribution in [0.4, 0.5) is 11.4 Å². The Morgan fingerprint density at radius 2 is 1.93 bits per heavy atom. The summed E-state index contributed by atoms with van der Waals surface area (Å²) >= 11 is 0. The number of aromatic nitrogens is 2. The number of benzene rings is 2. The molecule has 0 bridgehead atoms. The summed E-state index contributed by atoms with van der Waals surface area (Å²) in [6.45, 7) is 6.64. The monoisotopic (exact) mass is 426 g/mol. The number of aryl methyl sites for hydroxylation is 1. The maximum Gasteiger partial charge on any atom is 0.255 e. The molecule has 158 valence electrons. The largest absolute Gasteiger partial charge is 0.330 e. The lowest BCUT2D eigenvalue weighted by atomic mass is 10.1. The molecule has 1 amide bonds. The van der Waals surface area contributed by atoms with E-state index in [1.807, 2.05) is 30.5 Å². The highest BCUT2D eigenvalue weighted by atomic mass is 32.2. The SMILES string of the molecule is Cc1ccc(C(=O)Nc2cccc(Cn3ccnc3C(C)C)c2)cc1NS(C)(=O)=O. The van der Waals surface area contributed by atoms with Crippen molar-refractivity contribution in [3.63, 3.8) is 0 Å². The van der Waals surface area contributed by atoms with Gasteiger partial charge in [-0.15, -0.1) is 0 Å². The molecule has 0 fully saturated rings. The van der Waals surface area contributed by atoms with E-state index >= 15 is 0 Å². The summed E-state index contributed by atoms with van der Waals surface area (Å²) in [6.07, 6.45) is 4.82. The highest BCUT2D eigenvalue weighted by molar-refractivity contribution is 7.92. The Morgan fingerprint density at radius 1 is 1.17 bits per heavy atom. The van der Waals surface area contributed by atoms with E-state index in [0.717, 1.165) is 23.2 Å². The Morgan fingerprint density at radius 3 is 2.63 bits per heavy atom. The molecule has 2 aromatic carbocycles. The highest BCUT2D eigenvalue weighted by Gasteiger charge is 2.12. The van der Waals surface area contributed by atoms with Crippen molar-refractivity contribution in [1.82, 2.24) is 9.55 Å². The molecule has 1 aromatic heterocycles. The van der Waals surface area contributed by atoms with Gasteiger partial charge in [-0.25, -0.2) is 13.4 Å². The lowest BCUT2D eigenvalue weighted by molar-refractivity contribution is 0.102. The minimum absolute atomic E-state index is 0.311. The van der Waals surface area contributed by atoms with Gasteiger partial charge in [-0.1, -0.05) is 32.0 Å². The number of hydrogen-bond donors (Lipinski definition) is 2. The van der Waals surface area contributed by atoms with Gasteiger partial charge in [0.1, 0.15) is 5.82 Å². The van der Waals surface area contributed by atoms with Gasteiger partial charge in [0.2, 0.25) is 10.0 Å². The number of imidazole rings is 1. The van der Waals surface area contributed by atoms with Crippen LogP contribution in [0.25, 0.3) is 0 Å². The summed E-state index contributed by atoms with van der Waals surface area (Å²) in [4.78, 5) is 17.1. The van der Waals surface area contributed by atoms with Crippen molar-refractivity contribution in [3.05, 3.63) is 77.4 Å². The van der Waals surface area contributed by atoms with Crippen molar-refractivity contribution in [2.45, 2.75) is 33.2 Å². The zero-order valence-electron chi connectivity index (χ0n) is 17.5. The summed E-state index contributed by atoms with van der Waals surface area (Å²) in [6, 6.07) is 12.6. The average Bonchev–Trinajstić information content (AvgIpc) is 3.11. The molecular weight excluding hydrogens is 400 g/mol. The van der Waals surface area contributed by atoms with Crippen molar-refractivity contribution >= 4 is 27.3 Å². The first kappa shape index (κ1) is 21.6. The topological polar surface area (TPSA) is 93.1 Å². The Hall–Kier alpha value is -3.13. The number of amides is 1. The lowest BCUT2D eigenvalue weighted by Gasteiger charge is -2.13. The maximum absolute atomic E-state index is 12.7. The van der Waals surface area contributed by atoms with Crippen molar-refractivity contribution in [2.24, 2.45) is 0 Å². The van der Waals surface area contributed by atoms with Crippen LogP contribution in [0.15, 0.2) is 54.9 Å². The third kappa shape index (κ3) is 5.48. The molecule has 30 heavy (non-hydrogen) atoms. The van der Waals surface area contributed by atoms with E-state index in [4.69, 9.17) is 0 Å². The van der Waals surface area contributed by atoms with Crippen LogP contribution in [-0.4, -0.2) is 30.1 Å². The molecule has 3 aromatic rings. The predicted molar refractivity (Wildman–Crippen MR) is 119 cm³/mol. The fourth-order valence-corrected chi connectivity index (χ4v) is 3.79.